The number of H-pyrrole nitrogens is 1. The maximum atomic E-state index is 3.36. The number of aromatic nitrogens is 1. The molecule has 0 aliphatic rings. The van der Waals surface area contributed by atoms with E-state index < -0.39 is 0 Å². The van der Waals surface area contributed by atoms with Crippen LogP contribution in [0, 0.1) is 6.20 Å². The number of nitrogens with one attached hydrogen (secondary N) is 1. The van der Waals surface area contributed by atoms with Crippen LogP contribution in [-0.4, -0.2) is 4.98 Å². The topological polar surface area (TPSA) is 15.8 Å². The molecule has 24 heavy (non-hydrogen) atoms. The molecule has 1 N–H and O–H groups in total. The molecule has 0 fully saturated rings. The Morgan fingerprint density at radius 2 is 1.58 bits per heavy atom. The van der Waals surface area contributed by atoms with Gasteiger partial charge in [0.25, 0.3) is 0 Å². The molecule has 0 aliphatic carbocycles. The average Bonchev–Trinajstić information content (AvgIpc) is 3.30. The molecule has 0 aliphatic heterocycles. The molecule has 3 aromatic carbocycles. The fourth-order valence-electron chi connectivity index (χ4n) is 3.41. The molecule has 1 radical (unpaired) electrons. The standard InChI is InChI=1S/C22H14NS/c1-2-8-16-15(6-1)7-3-9-17(16)18-10-4-11-20-22(18)19(14-23-20)21-12-5-13-24-21/h1-13,23H. The SMILES string of the molecule is [c]1[nH]c2cccc(-c3cccc4ccccc34)c2c1-c1cccs1. The molecule has 113 valence electrons. The summed E-state index contributed by atoms with van der Waals surface area (Å²) in [5, 5.41) is 5.91. The summed E-state index contributed by atoms with van der Waals surface area (Å²) in [5.74, 6) is 0. The predicted molar refractivity (Wildman–Crippen MR) is 103 cm³/mol. The molecule has 0 saturated heterocycles. The van der Waals surface area contributed by atoms with Crippen LogP contribution in [0.2, 0.25) is 0 Å². The zero-order valence-electron chi connectivity index (χ0n) is 12.9. The highest BCUT2D eigenvalue weighted by Crippen LogP contribution is 2.39. The first-order valence-corrected chi connectivity index (χ1v) is 8.84. The van der Waals surface area contributed by atoms with Crippen LogP contribution in [0.5, 0.6) is 0 Å². The highest BCUT2D eigenvalue weighted by atomic mass is 32.1. The van der Waals surface area contributed by atoms with Crippen molar-refractivity contribution in [2.75, 3.05) is 0 Å². The lowest BCUT2D eigenvalue weighted by Crippen LogP contribution is -1.83. The van der Waals surface area contributed by atoms with Crippen molar-refractivity contribution in [2.45, 2.75) is 0 Å². The molecule has 0 saturated carbocycles. The smallest absolute Gasteiger partial charge is 0.0725 e. The number of fused-ring (bicyclic) bond motifs is 2. The Kier molecular flexibility index (Phi) is 3.03. The van der Waals surface area contributed by atoms with Gasteiger partial charge in [-0.3, -0.25) is 0 Å². The largest absolute Gasteiger partial charge is 0.353 e. The van der Waals surface area contributed by atoms with Gasteiger partial charge < -0.3 is 4.98 Å². The van der Waals surface area contributed by atoms with Crippen molar-refractivity contribution in [1.29, 1.82) is 0 Å². The van der Waals surface area contributed by atoms with E-state index in [2.05, 4.69) is 89.4 Å². The fourth-order valence-corrected chi connectivity index (χ4v) is 4.14. The van der Waals surface area contributed by atoms with E-state index in [1.807, 2.05) is 0 Å². The second-order valence-corrected chi connectivity index (χ2v) is 6.80. The van der Waals surface area contributed by atoms with Crippen molar-refractivity contribution in [2.24, 2.45) is 0 Å². The summed E-state index contributed by atoms with van der Waals surface area (Å²) in [7, 11) is 0. The minimum Gasteiger partial charge on any atom is -0.353 e. The zero-order chi connectivity index (χ0) is 15.9. The summed E-state index contributed by atoms with van der Waals surface area (Å²) in [6.45, 7) is 0. The van der Waals surface area contributed by atoms with Gasteiger partial charge in [0, 0.05) is 21.3 Å². The van der Waals surface area contributed by atoms with Crippen LogP contribution in [0.3, 0.4) is 0 Å². The van der Waals surface area contributed by atoms with E-state index in [4.69, 9.17) is 0 Å². The molecular formula is C22H14NS. The molecule has 5 rings (SSSR count). The van der Waals surface area contributed by atoms with Crippen LogP contribution in [-0.2, 0) is 0 Å². The van der Waals surface area contributed by atoms with E-state index in [-0.39, 0.29) is 0 Å². The highest BCUT2D eigenvalue weighted by Gasteiger charge is 2.14. The van der Waals surface area contributed by atoms with Crippen molar-refractivity contribution in [1.82, 2.24) is 4.98 Å². The van der Waals surface area contributed by atoms with Crippen LogP contribution >= 0.6 is 11.3 Å². The van der Waals surface area contributed by atoms with Gasteiger partial charge in [-0.1, -0.05) is 60.7 Å². The maximum Gasteiger partial charge on any atom is 0.0725 e. The first-order valence-electron chi connectivity index (χ1n) is 7.96. The minimum absolute atomic E-state index is 1.13. The van der Waals surface area contributed by atoms with Crippen LogP contribution in [0.15, 0.2) is 78.2 Å². The first kappa shape index (κ1) is 13.6. The molecule has 2 heterocycles. The van der Waals surface area contributed by atoms with Crippen LogP contribution < -0.4 is 0 Å². The Morgan fingerprint density at radius 1 is 0.750 bits per heavy atom. The van der Waals surface area contributed by atoms with Gasteiger partial charge >= 0.3 is 0 Å². The Bertz CT molecular complexity index is 1140. The summed E-state index contributed by atoms with van der Waals surface area (Å²) in [6.07, 6.45) is 3.36. The van der Waals surface area contributed by atoms with E-state index in [0.717, 1.165) is 11.1 Å². The van der Waals surface area contributed by atoms with Crippen LogP contribution in [0.4, 0.5) is 0 Å². The lowest BCUT2D eigenvalue weighted by molar-refractivity contribution is 1.46. The van der Waals surface area contributed by atoms with E-state index in [1.54, 1.807) is 11.3 Å². The second-order valence-electron chi connectivity index (χ2n) is 5.86. The van der Waals surface area contributed by atoms with Gasteiger partial charge in [-0.15, -0.1) is 11.3 Å². The first-order chi connectivity index (χ1) is 11.9. The van der Waals surface area contributed by atoms with Crippen LogP contribution in [0.25, 0.3) is 43.2 Å². The van der Waals surface area contributed by atoms with Gasteiger partial charge in [-0.2, -0.15) is 0 Å². The number of hydrogen-bond donors (Lipinski definition) is 1. The van der Waals surface area contributed by atoms with Crippen molar-refractivity contribution >= 4 is 33.0 Å². The summed E-state index contributed by atoms with van der Waals surface area (Å²) in [5.41, 5.74) is 4.81. The maximum absolute atomic E-state index is 3.36. The number of rotatable bonds is 2. The third-order valence-corrected chi connectivity index (χ3v) is 5.37. The number of thiophene rings is 1. The molecule has 0 spiro atoms. The summed E-state index contributed by atoms with van der Waals surface area (Å²) >= 11 is 1.75. The molecule has 1 nitrogen and oxygen atoms in total. The van der Waals surface area contributed by atoms with Crippen LogP contribution in [0.1, 0.15) is 0 Å². The fraction of sp³-hybridized carbons (Fsp3) is 0. The Morgan fingerprint density at radius 3 is 2.50 bits per heavy atom. The quantitative estimate of drug-likeness (QED) is 0.380. The minimum atomic E-state index is 1.13. The van der Waals surface area contributed by atoms with Gasteiger partial charge in [-0.05, 0) is 39.4 Å². The van der Waals surface area contributed by atoms with Gasteiger partial charge in [0.1, 0.15) is 0 Å². The van der Waals surface area contributed by atoms with Gasteiger partial charge in [0.15, 0.2) is 0 Å². The van der Waals surface area contributed by atoms with Gasteiger partial charge in [-0.25, -0.2) is 0 Å². The van der Waals surface area contributed by atoms with E-state index in [1.165, 1.54) is 32.2 Å². The molecule has 0 amide bonds. The van der Waals surface area contributed by atoms with Crippen molar-refractivity contribution in [3.05, 3.63) is 84.4 Å². The summed E-state index contributed by atoms with van der Waals surface area (Å²) < 4.78 is 0. The van der Waals surface area contributed by atoms with Crippen molar-refractivity contribution < 1.29 is 0 Å². The summed E-state index contributed by atoms with van der Waals surface area (Å²) in [4.78, 5) is 4.56. The summed E-state index contributed by atoms with van der Waals surface area (Å²) in [6, 6.07) is 25.8. The van der Waals surface area contributed by atoms with Crippen molar-refractivity contribution in [3.63, 3.8) is 0 Å². The average molecular weight is 324 g/mol. The Labute approximate surface area is 144 Å². The number of benzene rings is 3. The Hall–Kier alpha value is -2.84. The van der Waals surface area contributed by atoms with E-state index >= 15 is 0 Å². The van der Waals surface area contributed by atoms with Gasteiger partial charge in [0.2, 0.25) is 0 Å². The molecule has 2 aromatic heterocycles. The lowest BCUT2D eigenvalue weighted by Gasteiger charge is -2.09. The third kappa shape index (κ3) is 2.00. The second kappa shape index (κ2) is 5.36. The van der Waals surface area contributed by atoms with E-state index in [0.29, 0.717) is 0 Å². The molecular weight excluding hydrogens is 310 g/mol. The van der Waals surface area contributed by atoms with E-state index in [9.17, 15) is 0 Å². The predicted octanol–water partition coefficient (Wildman–Crippen LogP) is 6.52. The highest BCUT2D eigenvalue weighted by molar-refractivity contribution is 7.13. The molecule has 0 unspecified atom stereocenters. The Balaban J connectivity index is 1.88. The monoisotopic (exact) mass is 324 g/mol. The lowest BCUT2D eigenvalue weighted by atomic mass is 9.94. The number of hydrogen-bond acceptors (Lipinski definition) is 1. The molecule has 0 atom stereocenters. The molecule has 2 heteroatoms. The molecule has 0 bridgehead atoms. The van der Waals surface area contributed by atoms with Crippen molar-refractivity contribution in [3.8, 4) is 21.6 Å². The normalized spacial score (nSPS) is 11.3. The zero-order valence-corrected chi connectivity index (χ0v) is 13.7. The van der Waals surface area contributed by atoms with Gasteiger partial charge in [0.05, 0.1) is 6.20 Å². The third-order valence-electron chi connectivity index (χ3n) is 4.48. The number of aromatic amines is 1. The molecule has 5 aromatic rings.